The van der Waals surface area contributed by atoms with Crippen molar-refractivity contribution in [2.45, 2.75) is 45.1 Å². The van der Waals surface area contributed by atoms with E-state index in [1.807, 2.05) is 6.92 Å². The Morgan fingerprint density at radius 1 is 1.20 bits per heavy atom. The van der Waals surface area contributed by atoms with Gasteiger partial charge in [-0.2, -0.15) is 0 Å². The van der Waals surface area contributed by atoms with E-state index in [9.17, 15) is 18.0 Å². The zero-order valence-electron chi connectivity index (χ0n) is 14.9. The van der Waals surface area contributed by atoms with Crippen LogP contribution in [-0.4, -0.2) is 37.2 Å². The molecular formula is C18H23NO5S. The molecule has 25 heavy (non-hydrogen) atoms. The Morgan fingerprint density at radius 3 is 2.36 bits per heavy atom. The third kappa shape index (κ3) is 3.92. The van der Waals surface area contributed by atoms with Gasteiger partial charge in [0.25, 0.3) is 15.9 Å². The van der Waals surface area contributed by atoms with Gasteiger partial charge >= 0.3 is 5.97 Å². The maximum Gasteiger partial charge on any atom is 0.307 e. The molecule has 136 valence electrons. The SMILES string of the molecule is CCOC(=O)C[C@@H]1[C@@H](C)C=C(C)C(=O)N1S(=O)(=O)c1ccc(C)cc1. The van der Waals surface area contributed by atoms with Crippen molar-refractivity contribution in [2.75, 3.05) is 6.61 Å². The number of aryl methyl sites for hydroxylation is 1. The molecule has 1 aromatic carbocycles. The minimum Gasteiger partial charge on any atom is -0.466 e. The molecule has 0 radical (unpaired) electrons. The molecule has 0 aromatic heterocycles. The number of nitrogens with zero attached hydrogens (tertiary/aromatic N) is 1. The van der Waals surface area contributed by atoms with Gasteiger partial charge in [0.1, 0.15) is 0 Å². The third-order valence-electron chi connectivity index (χ3n) is 4.22. The number of carbonyl (C=O) groups is 2. The highest BCUT2D eigenvalue weighted by molar-refractivity contribution is 7.89. The van der Waals surface area contributed by atoms with Crippen LogP contribution < -0.4 is 0 Å². The van der Waals surface area contributed by atoms with E-state index < -0.39 is 27.9 Å². The molecule has 0 unspecified atom stereocenters. The van der Waals surface area contributed by atoms with Crippen molar-refractivity contribution >= 4 is 21.9 Å². The largest absolute Gasteiger partial charge is 0.466 e. The molecule has 0 aliphatic carbocycles. The summed E-state index contributed by atoms with van der Waals surface area (Å²) in [6, 6.07) is 5.48. The standard InChI is InChI=1S/C18H23NO5S/c1-5-24-17(20)11-16-13(3)10-14(4)18(21)19(16)25(22,23)15-8-6-12(2)7-9-15/h6-10,13,16H,5,11H2,1-4H3/t13-,16+/m0/s1. The van der Waals surface area contributed by atoms with Crippen LogP contribution in [0.3, 0.4) is 0 Å². The second-order valence-electron chi connectivity index (χ2n) is 6.20. The van der Waals surface area contributed by atoms with Gasteiger partial charge in [-0.3, -0.25) is 9.59 Å². The number of hydrogen-bond acceptors (Lipinski definition) is 5. The Bertz CT molecular complexity index is 795. The molecule has 2 atom stereocenters. The van der Waals surface area contributed by atoms with Crippen molar-refractivity contribution < 1.29 is 22.7 Å². The highest BCUT2D eigenvalue weighted by Gasteiger charge is 2.42. The quantitative estimate of drug-likeness (QED) is 0.749. The average molecular weight is 365 g/mol. The van der Waals surface area contributed by atoms with E-state index in [4.69, 9.17) is 4.74 Å². The number of sulfonamides is 1. The molecule has 1 aliphatic rings. The molecule has 0 bridgehead atoms. The fourth-order valence-corrected chi connectivity index (χ4v) is 4.58. The first-order valence-corrected chi connectivity index (χ1v) is 9.62. The number of ether oxygens (including phenoxy) is 1. The summed E-state index contributed by atoms with van der Waals surface area (Å²) in [5.74, 6) is -1.42. The topological polar surface area (TPSA) is 80.8 Å². The lowest BCUT2D eigenvalue weighted by Crippen LogP contribution is -2.51. The second-order valence-corrected chi connectivity index (χ2v) is 8.02. The fraction of sp³-hybridized carbons (Fsp3) is 0.444. The third-order valence-corrected chi connectivity index (χ3v) is 6.04. The fourth-order valence-electron chi connectivity index (χ4n) is 2.89. The van der Waals surface area contributed by atoms with E-state index in [0.717, 1.165) is 9.87 Å². The lowest BCUT2D eigenvalue weighted by Gasteiger charge is -2.37. The van der Waals surface area contributed by atoms with Crippen molar-refractivity contribution in [3.63, 3.8) is 0 Å². The van der Waals surface area contributed by atoms with Crippen molar-refractivity contribution in [1.29, 1.82) is 0 Å². The predicted molar refractivity (Wildman–Crippen MR) is 93.2 cm³/mol. The van der Waals surface area contributed by atoms with Crippen LogP contribution in [0, 0.1) is 12.8 Å². The molecule has 1 amide bonds. The van der Waals surface area contributed by atoms with Crippen LogP contribution in [0.5, 0.6) is 0 Å². The molecule has 0 fully saturated rings. The zero-order chi connectivity index (χ0) is 18.8. The van der Waals surface area contributed by atoms with Crippen LogP contribution in [-0.2, 0) is 24.3 Å². The number of benzene rings is 1. The number of carbonyl (C=O) groups excluding carboxylic acids is 2. The van der Waals surface area contributed by atoms with Gasteiger partial charge in [0.15, 0.2) is 0 Å². The number of amides is 1. The summed E-state index contributed by atoms with van der Waals surface area (Å²) in [6.45, 7) is 7.10. The molecule has 1 aromatic rings. The first kappa shape index (κ1) is 19.2. The minimum absolute atomic E-state index is 0.0298. The van der Waals surface area contributed by atoms with Crippen LogP contribution in [0.2, 0.25) is 0 Å². The van der Waals surface area contributed by atoms with Crippen molar-refractivity contribution in [3.05, 3.63) is 41.5 Å². The number of esters is 1. The van der Waals surface area contributed by atoms with Gasteiger partial charge in [-0.25, -0.2) is 12.7 Å². The van der Waals surface area contributed by atoms with Gasteiger partial charge in [-0.15, -0.1) is 0 Å². The van der Waals surface area contributed by atoms with E-state index in [2.05, 4.69) is 0 Å². The van der Waals surface area contributed by atoms with Crippen LogP contribution in [0.1, 0.15) is 32.8 Å². The summed E-state index contributed by atoms with van der Waals surface area (Å²) in [4.78, 5) is 24.6. The molecule has 0 spiro atoms. The first-order chi connectivity index (χ1) is 11.7. The van der Waals surface area contributed by atoms with Crippen LogP contribution >= 0.6 is 0 Å². The molecule has 7 heteroatoms. The Morgan fingerprint density at radius 2 is 1.80 bits per heavy atom. The highest BCUT2D eigenvalue weighted by atomic mass is 32.2. The summed E-state index contributed by atoms with van der Waals surface area (Å²) < 4.78 is 31.9. The first-order valence-electron chi connectivity index (χ1n) is 8.18. The van der Waals surface area contributed by atoms with Gasteiger partial charge in [-0.1, -0.05) is 30.7 Å². The van der Waals surface area contributed by atoms with Gasteiger partial charge in [-0.05, 0) is 38.8 Å². The monoisotopic (exact) mass is 365 g/mol. The summed E-state index contributed by atoms with van der Waals surface area (Å²) in [7, 11) is -4.07. The summed E-state index contributed by atoms with van der Waals surface area (Å²) in [6.07, 6.45) is 1.53. The lowest BCUT2D eigenvalue weighted by atomic mass is 9.92. The van der Waals surface area contributed by atoms with Crippen molar-refractivity contribution in [3.8, 4) is 0 Å². The molecule has 6 nitrogen and oxygen atoms in total. The predicted octanol–water partition coefficient (Wildman–Crippen LogP) is 2.43. The van der Waals surface area contributed by atoms with E-state index in [1.54, 1.807) is 39.0 Å². The van der Waals surface area contributed by atoms with Crippen molar-refractivity contribution in [1.82, 2.24) is 4.31 Å². The van der Waals surface area contributed by atoms with Crippen molar-refractivity contribution in [2.24, 2.45) is 5.92 Å². The van der Waals surface area contributed by atoms with Gasteiger partial charge < -0.3 is 4.74 Å². The molecule has 1 aliphatic heterocycles. The summed E-state index contributed by atoms with van der Waals surface area (Å²) in [5.41, 5.74) is 1.26. The minimum atomic E-state index is -4.07. The van der Waals surface area contributed by atoms with E-state index in [-0.39, 0.29) is 23.8 Å². The highest BCUT2D eigenvalue weighted by Crippen LogP contribution is 2.31. The maximum atomic E-state index is 13.1. The lowest BCUT2D eigenvalue weighted by molar-refractivity contribution is -0.145. The maximum absolute atomic E-state index is 13.1. The van der Waals surface area contributed by atoms with Crippen LogP contribution in [0.15, 0.2) is 40.8 Å². The Kier molecular flexibility index (Phi) is 5.67. The normalized spacial score (nSPS) is 21.0. The van der Waals surface area contributed by atoms with E-state index in [0.29, 0.717) is 5.57 Å². The van der Waals surface area contributed by atoms with Gasteiger partial charge in [0, 0.05) is 5.57 Å². The van der Waals surface area contributed by atoms with E-state index in [1.165, 1.54) is 12.1 Å². The Labute approximate surface area is 148 Å². The van der Waals surface area contributed by atoms with Crippen LogP contribution in [0.25, 0.3) is 0 Å². The molecular weight excluding hydrogens is 342 g/mol. The Balaban J connectivity index is 2.48. The summed E-state index contributed by atoms with van der Waals surface area (Å²) >= 11 is 0. The molecule has 2 rings (SSSR count). The molecule has 0 saturated carbocycles. The molecule has 0 N–H and O–H groups in total. The number of rotatable bonds is 5. The molecule has 0 saturated heterocycles. The second kappa shape index (κ2) is 7.39. The van der Waals surface area contributed by atoms with Crippen LogP contribution in [0.4, 0.5) is 0 Å². The van der Waals surface area contributed by atoms with E-state index >= 15 is 0 Å². The van der Waals surface area contributed by atoms with Gasteiger partial charge in [0.05, 0.1) is 24.0 Å². The molecule has 1 heterocycles. The zero-order valence-corrected chi connectivity index (χ0v) is 15.7. The smallest absolute Gasteiger partial charge is 0.307 e. The summed E-state index contributed by atoms with van der Waals surface area (Å²) in [5, 5.41) is 0. The average Bonchev–Trinajstić information content (AvgIpc) is 2.53. The Hall–Kier alpha value is -2.15. The number of hydrogen-bond donors (Lipinski definition) is 0. The van der Waals surface area contributed by atoms with Gasteiger partial charge in [0.2, 0.25) is 0 Å².